The highest BCUT2D eigenvalue weighted by molar-refractivity contribution is 6.30. The van der Waals surface area contributed by atoms with E-state index in [9.17, 15) is 5.26 Å². The van der Waals surface area contributed by atoms with E-state index in [0.717, 1.165) is 37.0 Å². The van der Waals surface area contributed by atoms with Gasteiger partial charge in [-0.25, -0.2) is 0 Å². The minimum Gasteiger partial charge on any atom is -0.496 e. The standard InChI is InChI=1S/C16H16ClN3O2/c1-21-13-5-4-12(17)8-11(13)9-14-19-15(22-20-14)16(10-18)6-2-3-7-16/h4-5,8H,2-3,6-7,9H2,1H3. The van der Waals surface area contributed by atoms with Crippen molar-refractivity contribution < 1.29 is 9.26 Å². The minimum absolute atomic E-state index is 0.434. The molecule has 0 unspecified atom stereocenters. The van der Waals surface area contributed by atoms with Crippen molar-refractivity contribution in [3.05, 3.63) is 40.5 Å². The van der Waals surface area contributed by atoms with Crippen LogP contribution in [0.3, 0.4) is 0 Å². The van der Waals surface area contributed by atoms with Gasteiger partial charge in [0.1, 0.15) is 11.2 Å². The van der Waals surface area contributed by atoms with Crippen molar-refractivity contribution in [1.29, 1.82) is 5.26 Å². The molecule has 0 amide bonds. The highest BCUT2D eigenvalue weighted by Gasteiger charge is 2.41. The van der Waals surface area contributed by atoms with Crippen molar-refractivity contribution in [2.24, 2.45) is 0 Å². The van der Waals surface area contributed by atoms with Gasteiger partial charge in [0, 0.05) is 17.0 Å². The number of nitriles is 1. The molecule has 5 nitrogen and oxygen atoms in total. The molecule has 1 aliphatic rings. The highest BCUT2D eigenvalue weighted by atomic mass is 35.5. The Morgan fingerprint density at radius 1 is 1.41 bits per heavy atom. The van der Waals surface area contributed by atoms with E-state index >= 15 is 0 Å². The van der Waals surface area contributed by atoms with Gasteiger partial charge in [-0.1, -0.05) is 29.6 Å². The molecule has 2 aromatic rings. The summed E-state index contributed by atoms with van der Waals surface area (Å²) < 4.78 is 10.7. The number of rotatable bonds is 4. The molecule has 1 heterocycles. The molecule has 1 saturated carbocycles. The molecule has 114 valence electrons. The molecule has 0 atom stereocenters. The van der Waals surface area contributed by atoms with Crippen molar-refractivity contribution in [2.45, 2.75) is 37.5 Å². The summed E-state index contributed by atoms with van der Waals surface area (Å²) in [7, 11) is 1.61. The second-order valence-electron chi connectivity index (χ2n) is 5.55. The SMILES string of the molecule is COc1ccc(Cl)cc1Cc1noc(C2(C#N)CCCC2)n1. The fourth-order valence-electron chi connectivity index (χ4n) is 2.93. The molecule has 1 aliphatic carbocycles. The third-order valence-corrected chi connectivity index (χ3v) is 4.37. The lowest BCUT2D eigenvalue weighted by Crippen LogP contribution is -2.19. The van der Waals surface area contributed by atoms with E-state index < -0.39 is 5.41 Å². The van der Waals surface area contributed by atoms with E-state index in [-0.39, 0.29) is 0 Å². The first-order chi connectivity index (χ1) is 10.7. The van der Waals surface area contributed by atoms with Crippen molar-refractivity contribution >= 4 is 11.6 Å². The Labute approximate surface area is 133 Å². The first kappa shape index (κ1) is 14.9. The Balaban J connectivity index is 1.86. The van der Waals surface area contributed by atoms with Crippen molar-refractivity contribution in [1.82, 2.24) is 10.1 Å². The lowest BCUT2D eigenvalue weighted by atomic mass is 9.88. The molecule has 6 heteroatoms. The lowest BCUT2D eigenvalue weighted by Gasteiger charge is -2.13. The predicted octanol–water partition coefficient (Wildman–Crippen LogP) is 3.66. The monoisotopic (exact) mass is 317 g/mol. The van der Waals surface area contributed by atoms with Crippen LogP contribution in [-0.4, -0.2) is 17.3 Å². The van der Waals surface area contributed by atoms with Crippen LogP contribution in [0.4, 0.5) is 0 Å². The van der Waals surface area contributed by atoms with E-state index in [4.69, 9.17) is 20.9 Å². The average Bonchev–Trinajstić information content (AvgIpc) is 3.17. The van der Waals surface area contributed by atoms with Gasteiger partial charge >= 0.3 is 0 Å². The predicted molar refractivity (Wildman–Crippen MR) is 80.9 cm³/mol. The van der Waals surface area contributed by atoms with Gasteiger partial charge in [0.05, 0.1) is 13.2 Å². The van der Waals surface area contributed by atoms with E-state index in [0.29, 0.717) is 23.2 Å². The normalized spacial score (nSPS) is 16.4. The lowest BCUT2D eigenvalue weighted by molar-refractivity contribution is 0.319. The molecule has 0 aliphatic heterocycles. The second kappa shape index (κ2) is 5.98. The van der Waals surface area contributed by atoms with Crippen LogP contribution in [-0.2, 0) is 11.8 Å². The fraction of sp³-hybridized carbons (Fsp3) is 0.438. The average molecular weight is 318 g/mol. The van der Waals surface area contributed by atoms with Gasteiger partial charge in [0.25, 0.3) is 0 Å². The Morgan fingerprint density at radius 3 is 2.86 bits per heavy atom. The van der Waals surface area contributed by atoms with Crippen LogP contribution in [0.1, 0.15) is 43.0 Å². The van der Waals surface area contributed by atoms with Crippen LogP contribution in [0.15, 0.2) is 22.7 Å². The highest BCUT2D eigenvalue weighted by Crippen LogP contribution is 2.39. The zero-order valence-electron chi connectivity index (χ0n) is 12.3. The topological polar surface area (TPSA) is 71.9 Å². The van der Waals surface area contributed by atoms with E-state index in [1.54, 1.807) is 13.2 Å². The summed E-state index contributed by atoms with van der Waals surface area (Å²) in [6.07, 6.45) is 4.06. The Kier molecular flexibility index (Phi) is 4.04. The quantitative estimate of drug-likeness (QED) is 0.860. The van der Waals surface area contributed by atoms with Gasteiger partial charge in [-0.3, -0.25) is 0 Å². The summed E-state index contributed by atoms with van der Waals surface area (Å²) in [4.78, 5) is 4.44. The molecule has 0 spiro atoms. The zero-order chi connectivity index (χ0) is 15.6. The van der Waals surface area contributed by atoms with Gasteiger partial charge in [0.2, 0.25) is 5.89 Å². The number of nitrogens with zero attached hydrogens (tertiary/aromatic N) is 3. The van der Waals surface area contributed by atoms with E-state index in [2.05, 4.69) is 16.2 Å². The van der Waals surface area contributed by atoms with Gasteiger partial charge < -0.3 is 9.26 Å². The second-order valence-corrected chi connectivity index (χ2v) is 5.99. The fourth-order valence-corrected chi connectivity index (χ4v) is 3.12. The molecule has 0 saturated heterocycles. The molecule has 1 aromatic carbocycles. The third kappa shape index (κ3) is 2.67. The first-order valence-corrected chi connectivity index (χ1v) is 7.61. The van der Waals surface area contributed by atoms with E-state index in [1.807, 2.05) is 12.1 Å². The molecule has 1 fully saturated rings. The maximum atomic E-state index is 9.47. The molecule has 0 bridgehead atoms. The van der Waals surface area contributed by atoms with Gasteiger partial charge in [-0.05, 0) is 31.0 Å². The number of aromatic nitrogens is 2. The smallest absolute Gasteiger partial charge is 0.247 e. The van der Waals surface area contributed by atoms with Gasteiger partial charge in [-0.15, -0.1) is 0 Å². The number of ether oxygens (including phenoxy) is 1. The third-order valence-electron chi connectivity index (χ3n) is 4.14. The maximum absolute atomic E-state index is 9.47. The molecule has 0 N–H and O–H groups in total. The van der Waals surface area contributed by atoms with Crippen LogP contribution >= 0.6 is 11.6 Å². The van der Waals surface area contributed by atoms with Crippen LogP contribution in [0.25, 0.3) is 0 Å². The van der Waals surface area contributed by atoms with Crippen molar-refractivity contribution in [3.63, 3.8) is 0 Å². The molecule has 1 aromatic heterocycles. The van der Waals surface area contributed by atoms with Crippen LogP contribution in [0.5, 0.6) is 5.75 Å². The minimum atomic E-state index is -0.607. The largest absolute Gasteiger partial charge is 0.496 e. The number of halogens is 1. The van der Waals surface area contributed by atoms with Crippen LogP contribution in [0.2, 0.25) is 5.02 Å². The summed E-state index contributed by atoms with van der Waals surface area (Å²) in [5.41, 5.74) is 0.281. The molecule has 0 radical (unpaired) electrons. The number of methoxy groups -OCH3 is 1. The van der Waals surface area contributed by atoms with Crippen molar-refractivity contribution in [3.8, 4) is 11.8 Å². The number of hydrogen-bond donors (Lipinski definition) is 0. The summed E-state index contributed by atoms with van der Waals surface area (Å²) in [6.45, 7) is 0. The molecular weight excluding hydrogens is 302 g/mol. The van der Waals surface area contributed by atoms with Gasteiger partial charge in [0.15, 0.2) is 5.82 Å². The summed E-state index contributed by atoms with van der Waals surface area (Å²) in [5, 5.41) is 14.1. The molecule has 3 rings (SSSR count). The Bertz CT molecular complexity index is 714. The molecule has 22 heavy (non-hydrogen) atoms. The maximum Gasteiger partial charge on any atom is 0.247 e. The van der Waals surface area contributed by atoms with Gasteiger partial charge in [-0.2, -0.15) is 10.2 Å². The number of hydrogen-bond acceptors (Lipinski definition) is 5. The first-order valence-electron chi connectivity index (χ1n) is 7.23. The van der Waals surface area contributed by atoms with E-state index in [1.165, 1.54) is 0 Å². The van der Waals surface area contributed by atoms with Crippen molar-refractivity contribution in [2.75, 3.05) is 7.11 Å². The summed E-state index contributed by atoms with van der Waals surface area (Å²) in [6, 6.07) is 7.77. The molecular formula is C16H16ClN3O2. The van der Waals surface area contributed by atoms with Crippen LogP contribution < -0.4 is 4.74 Å². The summed E-state index contributed by atoms with van der Waals surface area (Å²) in [5.74, 6) is 1.70. The summed E-state index contributed by atoms with van der Waals surface area (Å²) >= 11 is 6.03. The Morgan fingerprint density at radius 2 is 2.18 bits per heavy atom. The Hall–Kier alpha value is -2.06. The zero-order valence-corrected chi connectivity index (χ0v) is 13.1. The van der Waals surface area contributed by atoms with Crippen LogP contribution in [0, 0.1) is 11.3 Å². The number of benzene rings is 1.